The molecule has 254 valence electrons. The fourth-order valence-electron chi connectivity index (χ4n) is 3.42. The van der Waals surface area contributed by atoms with E-state index in [4.69, 9.17) is 19.3 Å². The second-order valence-corrected chi connectivity index (χ2v) is 11.2. The lowest BCUT2D eigenvalue weighted by Gasteiger charge is -2.18. The minimum absolute atomic E-state index is 0.0968. The smallest absolute Gasteiger partial charge is 0.462 e. The predicted octanol–water partition coefficient (Wildman–Crippen LogP) is 9.05. The first-order valence-electron chi connectivity index (χ1n) is 16.0. The van der Waals surface area contributed by atoms with Gasteiger partial charge in [0.15, 0.2) is 6.10 Å². The Hall–Kier alpha value is -3.55. The molecule has 0 fully saturated rings. The number of unbranched alkanes of at least 4 members (excludes halogenated alkanes) is 4. The van der Waals surface area contributed by atoms with E-state index < -0.39 is 32.5 Å². The zero-order valence-corrected chi connectivity index (χ0v) is 28.3. The molecular formula is C37H53O8P. The van der Waals surface area contributed by atoms with Gasteiger partial charge >= 0.3 is 19.8 Å². The molecule has 0 radical (unpaired) electrons. The summed E-state index contributed by atoms with van der Waals surface area (Å²) in [6, 6.07) is 0. The summed E-state index contributed by atoms with van der Waals surface area (Å²) in [5, 5.41) is 0. The van der Waals surface area contributed by atoms with Gasteiger partial charge in [-0.1, -0.05) is 142 Å². The molecule has 9 heteroatoms. The third-order valence-corrected chi connectivity index (χ3v) is 6.22. The zero-order chi connectivity index (χ0) is 34.0. The molecule has 0 saturated carbocycles. The maximum Gasteiger partial charge on any atom is 0.469 e. The van der Waals surface area contributed by atoms with Gasteiger partial charge in [-0.2, -0.15) is 0 Å². The first-order valence-corrected chi connectivity index (χ1v) is 17.5. The van der Waals surface area contributed by atoms with Crippen LogP contribution in [0.5, 0.6) is 0 Å². The average Bonchev–Trinajstić information content (AvgIpc) is 3.02. The Bertz CT molecular complexity index is 1150. The van der Waals surface area contributed by atoms with E-state index in [0.29, 0.717) is 19.3 Å². The normalized spacial score (nSPS) is 14.1. The summed E-state index contributed by atoms with van der Waals surface area (Å²) in [6.45, 7) is 3.24. The number of carbonyl (C=O) groups is 2. The highest BCUT2D eigenvalue weighted by Crippen LogP contribution is 2.35. The fraction of sp³-hybridized carbons (Fsp3) is 0.405. The number of esters is 2. The van der Waals surface area contributed by atoms with Gasteiger partial charge in [-0.05, 0) is 44.9 Å². The third kappa shape index (κ3) is 33.3. The number of rotatable bonds is 26. The van der Waals surface area contributed by atoms with Crippen molar-refractivity contribution < 1.29 is 37.9 Å². The Morgan fingerprint density at radius 1 is 0.565 bits per heavy atom. The molecule has 8 nitrogen and oxygen atoms in total. The van der Waals surface area contributed by atoms with Gasteiger partial charge in [-0.3, -0.25) is 14.1 Å². The van der Waals surface area contributed by atoms with E-state index in [1.54, 1.807) is 0 Å². The van der Waals surface area contributed by atoms with Crippen molar-refractivity contribution in [2.75, 3.05) is 13.2 Å². The largest absolute Gasteiger partial charge is 0.469 e. The van der Waals surface area contributed by atoms with Crippen LogP contribution < -0.4 is 0 Å². The van der Waals surface area contributed by atoms with E-state index in [1.807, 2.05) is 103 Å². The molecule has 0 saturated heterocycles. The van der Waals surface area contributed by atoms with Gasteiger partial charge in [0.05, 0.1) is 6.61 Å². The lowest BCUT2D eigenvalue weighted by molar-refractivity contribution is -0.161. The summed E-state index contributed by atoms with van der Waals surface area (Å²) in [5.41, 5.74) is 0. The molecule has 0 aromatic rings. The summed E-state index contributed by atoms with van der Waals surface area (Å²) >= 11 is 0. The number of carbonyl (C=O) groups excluding carboxylic acids is 2. The minimum Gasteiger partial charge on any atom is -0.462 e. The van der Waals surface area contributed by atoms with Crippen molar-refractivity contribution in [3.8, 4) is 0 Å². The topological polar surface area (TPSA) is 119 Å². The summed E-state index contributed by atoms with van der Waals surface area (Å²) in [7, 11) is -4.78. The van der Waals surface area contributed by atoms with Crippen molar-refractivity contribution in [3.63, 3.8) is 0 Å². The Labute approximate surface area is 276 Å². The van der Waals surface area contributed by atoms with Crippen LogP contribution in [0.15, 0.2) is 122 Å². The van der Waals surface area contributed by atoms with Crippen molar-refractivity contribution >= 4 is 19.8 Å². The van der Waals surface area contributed by atoms with Crippen molar-refractivity contribution in [1.82, 2.24) is 0 Å². The van der Waals surface area contributed by atoms with Crippen LogP contribution in [0.3, 0.4) is 0 Å². The van der Waals surface area contributed by atoms with Gasteiger partial charge in [-0.15, -0.1) is 0 Å². The average molecular weight is 657 g/mol. The maximum absolute atomic E-state index is 12.3. The van der Waals surface area contributed by atoms with Gasteiger partial charge < -0.3 is 19.3 Å². The molecule has 1 atom stereocenters. The Balaban J connectivity index is 4.31. The van der Waals surface area contributed by atoms with Crippen molar-refractivity contribution in [2.24, 2.45) is 0 Å². The van der Waals surface area contributed by atoms with E-state index >= 15 is 0 Å². The van der Waals surface area contributed by atoms with Crippen LogP contribution >= 0.6 is 7.82 Å². The second kappa shape index (κ2) is 31.4. The summed E-state index contributed by atoms with van der Waals surface area (Å²) in [5.74, 6) is -1.04. The number of hydrogen-bond acceptors (Lipinski definition) is 6. The Morgan fingerprint density at radius 2 is 1.00 bits per heavy atom. The van der Waals surface area contributed by atoms with Crippen LogP contribution in [0.4, 0.5) is 0 Å². The standard InChI is InChI=1S/C37H53O8P/c1-3-5-7-9-11-13-15-17-18-20-21-23-25-27-29-31-36(38)43-33-35(34-44-46(40,41)42)45-37(39)32-30-28-26-24-22-19-16-14-12-10-8-6-4-2/h5-22,24,26,35H,3-4,23,25,27-34H2,1-2H3,(H2,40,41,42)/b7-5+,8-6+,11-9+,12-10+,15-13+,16-14+,18-17+,21-20+,22-19+,26-24+. The third-order valence-electron chi connectivity index (χ3n) is 5.73. The lowest BCUT2D eigenvalue weighted by Crippen LogP contribution is -2.29. The van der Waals surface area contributed by atoms with Crippen LogP contribution in [0.1, 0.15) is 78.1 Å². The van der Waals surface area contributed by atoms with Gasteiger partial charge in [0.2, 0.25) is 0 Å². The minimum atomic E-state index is -4.78. The van der Waals surface area contributed by atoms with Crippen LogP contribution in [-0.2, 0) is 28.2 Å². The fourth-order valence-corrected chi connectivity index (χ4v) is 3.78. The molecule has 0 aliphatic rings. The van der Waals surface area contributed by atoms with Crippen LogP contribution in [0.2, 0.25) is 0 Å². The molecule has 0 aromatic carbocycles. The van der Waals surface area contributed by atoms with E-state index in [1.165, 1.54) is 0 Å². The highest BCUT2D eigenvalue weighted by atomic mass is 31.2. The molecule has 0 aliphatic heterocycles. The van der Waals surface area contributed by atoms with Crippen molar-refractivity contribution in [3.05, 3.63) is 122 Å². The van der Waals surface area contributed by atoms with E-state index in [9.17, 15) is 14.2 Å². The second-order valence-electron chi connectivity index (χ2n) is 9.91. The van der Waals surface area contributed by atoms with Crippen molar-refractivity contribution in [2.45, 2.75) is 84.2 Å². The summed E-state index contributed by atoms with van der Waals surface area (Å²) in [6.07, 6.45) is 45.0. The van der Waals surface area contributed by atoms with Crippen LogP contribution in [0.25, 0.3) is 0 Å². The van der Waals surface area contributed by atoms with Gasteiger partial charge in [0, 0.05) is 12.8 Å². The molecule has 0 aromatic heterocycles. The number of hydrogen-bond donors (Lipinski definition) is 2. The van der Waals surface area contributed by atoms with E-state index in [0.717, 1.165) is 32.1 Å². The highest BCUT2D eigenvalue weighted by Gasteiger charge is 2.22. The lowest BCUT2D eigenvalue weighted by atomic mass is 10.1. The Kier molecular flexibility index (Phi) is 29.0. The number of allylic oxidation sites excluding steroid dienone is 20. The molecule has 0 amide bonds. The first-order chi connectivity index (χ1) is 22.3. The van der Waals surface area contributed by atoms with E-state index in [-0.39, 0.29) is 19.4 Å². The molecule has 0 spiro atoms. The zero-order valence-electron chi connectivity index (χ0n) is 27.4. The molecule has 46 heavy (non-hydrogen) atoms. The van der Waals surface area contributed by atoms with Gasteiger partial charge in [0.25, 0.3) is 0 Å². The number of ether oxygens (including phenoxy) is 2. The number of phosphoric ester groups is 1. The summed E-state index contributed by atoms with van der Waals surface area (Å²) in [4.78, 5) is 42.5. The first kappa shape index (κ1) is 42.5. The molecule has 1 unspecified atom stereocenters. The molecule has 0 bridgehead atoms. The number of phosphoric acid groups is 1. The van der Waals surface area contributed by atoms with Gasteiger partial charge in [-0.25, -0.2) is 4.57 Å². The molecule has 0 heterocycles. The van der Waals surface area contributed by atoms with E-state index in [2.05, 4.69) is 36.6 Å². The molecular weight excluding hydrogens is 603 g/mol. The van der Waals surface area contributed by atoms with Crippen molar-refractivity contribution in [1.29, 1.82) is 0 Å². The quantitative estimate of drug-likeness (QED) is 0.0410. The SMILES string of the molecule is CC/C=C/C=C/C=C/C=C/C=C/CCCCCC(=O)OCC(COP(=O)(O)O)OC(=O)CCC/C=C/C=C/C=C/C=C/C=C/CC. The maximum atomic E-state index is 12.3. The monoisotopic (exact) mass is 656 g/mol. The Morgan fingerprint density at radius 3 is 1.48 bits per heavy atom. The highest BCUT2D eigenvalue weighted by molar-refractivity contribution is 7.46. The van der Waals surface area contributed by atoms with Gasteiger partial charge in [0.1, 0.15) is 6.61 Å². The molecule has 2 N–H and O–H groups in total. The summed E-state index contributed by atoms with van der Waals surface area (Å²) < 4.78 is 26.1. The van der Waals surface area contributed by atoms with Crippen LogP contribution in [-0.4, -0.2) is 41.0 Å². The molecule has 0 aliphatic carbocycles. The molecule has 0 rings (SSSR count). The van der Waals surface area contributed by atoms with Crippen LogP contribution in [0, 0.1) is 0 Å². The predicted molar refractivity (Wildman–Crippen MR) is 188 cm³/mol.